The van der Waals surface area contributed by atoms with Gasteiger partial charge in [0, 0.05) is 6.54 Å². The third kappa shape index (κ3) is 7.35. The van der Waals surface area contributed by atoms with E-state index < -0.39 is 0 Å². The van der Waals surface area contributed by atoms with Gasteiger partial charge in [0.2, 0.25) is 0 Å². The van der Waals surface area contributed by atoms with Gasteiger partial charge < -0.3 is 10.2 Å². The van der Waals surface area contributed by atoms with E-state index in [1.54, 1.807) is 0 Å². The van der Waals surface area contributed by atoms with Gasteiger partial charge in [-0.2, -0.15) is 5.26 Å². The summed E-state index contributed by atoms with van der Waals surface area (Å²) in [6.07, 6.45) is 3.32. The highest BCUT2D eigenvalue weighted by Gasteiger charge is 2.08. The molecule has 3 nitrogen and oxygen atoms in total. The average Bonchev–Trinajstić information content (AvgIpc) is 2.24. The van der Waals surface area contributed by atoms with E-state index in [2.05, 4.69) is 30.1 Å². The van der Waals surface area contributed by atoms with Crippen LogP contribution in [0.2, 0.25) is 0 Å². The second-order valence-electron chi connectivity index (χ2n) is 3.87. The molecule has 0 saturated carbocycles. The lowest BCUT2D eigenvalue weighted by molar-refractivity contribution is 0.264. The first-order valence-electron chi connectivity index (χ1n) is 6.13. The molecule has 1 N–H and O–H groups in total. The summed E-state index contributed by atoms with van der Waals surface area (Å²) >= 11 is 0. The van der Waals surface area contributed by atoms with Gasteiger partial charge in [-0.3, -0.25) is 0 Å². The van der Waals surface area contributed by atoms with Gasteiger partial charge in [0.15, 0.2) is 0 Å². The van der Waals surface area contributed by atoms with Crippen LogP contribution in [0.15, 0.2) is 0 Å². The van der Waals surface area contributed by atoms with Gasteiger partial charge >= 0.3 is 0 Å². The lowest BCUT2D eigenvalue weighted by Crippen LogP contribution is -2.34. The molecule has 0 rings (SSSR count). The molecule has 88 valence electrons. The molecular weight excluding hydrogens is 186 g/mol. The Hall–Kier alpha value is -0.590. The minimum absolute atomic E-state index is 0.0196. The van der Waals surface area contributed by atoms with E-state index in [9.17, 15) is 0 Å². The molecule has 3 heteroatoms. The number of hydrogen-bond donors (Lipinski definition) is 1. The first kappa shape index (κ1) is 14.4. The fraction of sp³-hybridized carbons (Fsp3) is 0.917. The molecule has 0 heterocycles. The Balaban J connectivity index is 3.80. The number of nitriles is 1. The predicted molar refractivity (Wildman–Crippen MR) is 64.7 cm³/mol. The summed E-state index contributed by atoms with van der Waals surface area (Å²) in [6.45, 7) is 10.7. The molecule has 0 aromatic rings. The maximum Gasteiger partial charge on any atom is 0.0965 e. The summed E-state index contributed by atoms with van der Waals surface area (Å²) < 4.78 is 0. The first-order chi connectivity index (χ1) is 7.28. The molecule has 15 heavy (non-hydrogen) atoms. The number of nitrogens with one attached hydrogen (secondary N) is 1. The molecule has 0 radical (unpaired) electrons. The highest BCUT2D eigenvalue weighted by Crippen LogP contribution is 1.99. The second-order valence-corrected chi connectivity index (χ2v) is 3.87. The fourth-order valence-corrected chi connectivity index (χ4v) is 1.74. The third-order valence-electron chi connectivity index (χ3n) is 2.42. The Morgan fingerprint density at radius 3 is 2.13 bits per heavy atom. The molecular formula is C12H25N3. The summed E-state index contributed by atoms with van der Waals surface area (Å²) in [5, 5.41) is 12.1. The van der Waals surface area contributed by atoms with Crippen LogP contribution < -0.4 is 5.32 Å². The van der Waals surface area contributed by atoms with Crippen LogP contribution in [0.1, 0.15) is 40.0 Å². The van der Waals surface area contributed by atoms with E-state index in [1.807, 2.05) is 6.92 Å². The molecule has 1 atom stereocenters. The van der Waals surface area contributed by atoms with Crippen molar-refractivity contribution in [3.05, 3.63) is 0 Å². The van der Waals surface area contributed by atoms with Crippen LogP contribution in [-0.2, 0) is 0 Å². The van der Waals surface area contributed by atoms with Crippen molar-refractivity contribution in [3.63, 3.8) is 0 Å². The minimum atomic E-state index is 0.0196. The van der Waals surface area contributed by atoms with Crippen LogP contribution in [0, 0.1) is 11.3 Å². The first-order valence-corrected chi connectivity index (χ1v) is 6.13. The van der Waals surface area contributed by atoms with Gasteiger partial charge in [0.1, 0.15) is 0 Å². The van der Waals surface area contributed by atoms with Crippen LogP contribution in [0.5, 0.6) is 0 Å². The zero-order valence-corrected chi connectivity index (χ0v) is 10.4. The van der Waals surface area contributed by atoms with Crippen LogP contribution in [0.4, 0.5) is 0 Å². The van der Waals surface area contributed by atoms with Crippen molar-refractivity contribution in [2.45, 2.75) is 46.1 Å². The zero-order chi connectivity index (χ0) is 11.5. The number of nitrogens with zero attached hydrogens (tertiary/aromatic N) is 2. The summed E-state index contributed by atoms with van der Waals surface area (Å²) in [7, 11) is 0. The molecule has 0 spiro atoms. The van der Waals surface area contributed by atoms with E-state index in [4.69, 9.17) is 5.26 Å². The maximum absolute atomic E-state index is 8.90. The van der Waals surface area contributed by atoms with Crippen molar-refractivity contribution in [1.82, 2.24) is 10.2 Å². The number of rotatable bonds is 9. The fourth-order valence-electron chi connectivity index (χ4n) is 1.74. The normalized spacial score (nSPS) is 12.7. The third-order valence-corrected chi connectivity index (χ3v) is 2.42. The maximum atomic E-state index is 8.90. The van der Waals surface area contributed by atoms with Crippen LogP contribution >= 0.6 is 0 Å². The largest absolute Gasteiger partial charge is 0.303 e. The van der Waals surface area contributed by atoms with Crippen LogP contribution in [0.25, 0.3) is 0 Å². The van der Waals surface area contributed by atoms with Crippen molar-refractivity contribution in [1.29, 1.82) is 5.26 Å². The van der Waals surface area contributed by atoms with Crippen molar-refractivity contribution < 1.29 is 0 Å². The Morgan fingerprint density at radius 1 is 1.13 bits per heavy atom. The molecule has 1 unspecified atom stereocenters. The van der Waals surface area contributed by atoms with Gasteiger partial charge in [-0.1, -0.05) is 20.8 Å². The van der Waals surface area contributed by atoms with E-state index in [0.717, 1.165) is 32.6 Å². The highest BCUT2D eigenvalue weighted by molar-refractivity contribution is 4.89. The smallest absolute Gasteiger partial charge is 0.0965 e. The Bertz CT molecular complexity index is 168. The molecule has 0 saturated heterocycles. The van der Waals surface area contributed by atoms with Crippen LogP contribution in [-0.4, -0.2) is 37.1 Å². The zero-order valence-electron chi connectivity index (χ0n) is 10.4. The Labute approximate surface area is 94.5 Å². The van der Waals surface area contributed by atoms with Crippen molar-refractivity contribution in [2.24, 2.45) is 0 Å². The van der Waals surface area contributed by atoms with E-state index in [1.165, 1.54) is 12.8 Å². The molecule has 0 aliphatic heterocycles. The molecule has 0 amide bonds. The Morgan fingerprint density at radius 2 is 1.73 bits per heavy atom. The molecule has 0 aromatic heterocycles. The summed E-state index contributed by atoms with van der Waals surface area (Å²) in [5.74, 6) is 0. The molecule has 0 aromatic carbocycles. The van der Waals surface area contributed by atoms with Gasteiger partial charge in [0.05, 0.1) is 12.1 Å². The number of hydrogen-bond acceptors (Lipinski definition) is 3. The van der Waals surface area contributed by atoms with E-state index >= 15 is 0 Å². The molecule has 0 aliphatic rings. The van der Waals surface area contributed by atoms with Crippen molar-refractivity contribution in [2.75, 3.05) is 26.2 Å². The lowest BCUT2D eigenvalue weighted by Gasteiger charge is -2.22. The van der Waals surface area contributed by atoms with Gasteiger partial charge in [-0.25, -0.2) is 0 Å². The van der Waals surface area contributed by atoms with Gasteiger partial charge in [0.25, 0.3) is 0 Å². The predicted octanol–water partition coefficient (Wildman–Crippen LogP) is 2.00. The topological polar surface area (TPSA) is 39.1 Å². The van der Waals surface area contributed by atoms with E-state index in [-0.39, 0.29) is 6.04 Å². The standard InChI is InChI=1S/C12H25N3/c1-4-8-15(9-5-2)10-7-12(11-13)14-6-3/h12,14H,4-10H2,1-3H3. The minimum Gasteiger partial charge on any atom is -0.303 e. The lowest BCUT2D eigenvalue weighted by atomic mass is 10.2. The summed E-state index contributed by atoms with van der Waals surface area (Å²) in [6, 6.07) is 2.32. The monoisotopic (exact) mass is 211 g/mol. The summed E-state index contributed by atoms with van der Waals surface area (Å²) in [4.78, 5) is 2.45. The second kappa shape index (κ2) is 9.95. The van der Waals surface area contributed by atoms with Crippen LogP contribution in [0.3, 0.4) is 0 Å². The average molecular weight is 211 g/mol. The SMILES string of the molecule is CCCN(CCC)CCC(C#N)NCC. The van der Waals surface area contributed by atoms with Crippen molar-refractivity contribution >= 4 is 0 Å². The molecule has 0 fully saturated rings. The quantitative estimate of drug-likeness (QED) is 0.634. The van der Waals surface area contributed by atoms with Crippen molar-refractivity contribution in [3.8, 4) is 6.07 Å². The summed E-state index contributed by atoms with van der Waals surface area (Å²) in [5.41, 5.74) is 0. The molecule has 0 bridgehead atoms. The highest BCUT2D eigenvalue weighted by atomic mass is 15.1. The Kier molecular flexibility index (Phi) is 9.55. The van der Waals surface area contributed by atoms with Gasteiger partial charge in [-0.05, 0) is 38.9 Å². The van der Waals surface area contributed by atoms with E-state index in [0.29, 0.717) is 0 Å². The van der Waals surface area contributed by atoms with Gasteiger partial charge in [-0.15, -0.1) is 0 Å². The molecule has 0 aliphatic carbocycles.